The van der Waals surface area contributed by atoms with Gasteiger partial charge in [-0.25, -0.2) is 4.79 Å². The van der Waals surface area contributed by atoms with Crippen LogP contribution in [-0.2, 0) is 14.2 Å². The molecule has 1 spiro atoms. The van der Waals surface area contributed by atoms with Gasteiger partial charge < -0.3 is 44.5 Å². The molecule has 0 saturated carbocycles. The van der Waals surface area contributed by atoms with E-state index in [-0.39, 0.29) is 34.1 Å². The molecule has 3 saturated heterocycles. The summed E-state index contributed by atoms with van der Waals surface area (Å²) in [5.41, 5.74) is -1.12. The lowest BCUT2D eigenvalue weighted by Gasteiger charge is -2.50. The molecule has 44 heavy (non-hydrogen) atoms. The molecular weight excluding hydrogens is 612 g/mol. The maximum atomic E-state index is 12.3. The van der Waals surface area contributed by atoms with Crippen LogP contribution in [-0.4, -0.2) is 99.0 Å². The van der Waals surface area contributed by atoms with E-state index in [2.05, 4.69) is 6.92 Å². The number of aliphatic hydroxyl groups is 3. The minimum Gasteiger partial charge on any atom is -0.506 e. The number of aromatic carboxylic acids is 1. The zero-order valence-corrected chi connectivity index (χ0v) is 26.6. The SMILES string of the molecule is CC(=O)c1c(C)cc2cc(C(=O)O)cc(O[C@H]3O[C@H](CO)[C@@]4(CC[C@@H](C)[C@@H]5CCOC[C@H]5CSSCO4)[C@H](O)[C@H]3O)c2c1O. The number of phenols is 1. The zero-order chi connectivity index (χ0) is 31.8. The van der Waals surface area contributed by atoms with Gasteiger partial charge in [-0.05, 0) is 73.9 Å². The number of Topliss-reactive ketones (excluding diaryl/α,β-unsaturated/α-hetero) is 1. The summed E-state index contributed by atoms with van der Waals surface area (Å²) < 4.78 is 24.2. The average molecular weight is 653 g/mol. The summed E-state index contributed by atoms with van der Waals surface area (Å²) in [5.74, 6) is -0.0647. The number of phenolic OH excluding ortho intramolecular Hbond substituents is 1. The highest BCUT2D eigenvalue weighted by molar-refractivity contribution is 8.76. The molecule has 11 nitrogen and oxygen atoms in total. The van der Waals surface area contributed by atoms with E-state index in [1.807, 2.05) is 0 Å². The third-order valence-corrected chi connectivity index (χ3v) is 11.5. The Kier molecular flexibility index (Phi) is 10.4. The van der Waals surface area contributed by atoms with E-state index >= 15 is 0 Å². The molecule has 3 aliphatic heterocycles. The van der Waals surface area contributed by atoms with Crippen LogP contribution in [0.2, 0.25) is 0 Å². The van der Waals surface area contributed by atoms with Crippen molar-refractivity contribution in [3.05, 3.63) is 34.9 Å². The molecule has 0 aromatic heterocycles. The molecule has 3 fully saturated rings. The average Bonchev–Trinajstić information content (AvgIpc) is 3.01. The van der Waals surface area contributed by atoms with Crippen LogP contribution in [0.15, 0.2) is 18.2 Å². The fourth-order valence-corrected chi connectivity index (χ4v) is 9.06. The molecule has 8 atom stereocenters. The number of fused-ring (bicyclic) bond motifs is 2. The predicted molar refractivity (Wildman–Crippen MR) is 165 cm³/mol. The fraction of sp³-hybridized carbons (Fsp3) is 0.613. The summed E-state index contributed by atoms with van der Waals surface area (Å²) in [6.45, 7) is 5.96. The number of carbonyl (C=O) groups excluding carboxylic acids is 1. The molecule has 5 N–H and O–H groups in total. The summed E-state index contributed by atoms with van der Waals surface area (Å²) in [6, 6.07) is 4.07. The molecule has 0 radical (unpaired) electrons. The van der Waals surface area contributed by atoms with Crippen molar-refractivity contribution in [2.24, 2.45) is 17.8 Å². The molecule has 3 aliphatic rings. The highest BCUT2D eigenvalue weighted by Crippen LogP contribution is 2.45. The summed E-state index contributed by atoms with van der Waals surface area (Å²) in [5, 5.41) is 54.8. The van der Waals surface area contributed by atoms with Crippen molar-refractivity contribution in [1.82, 2.24) is 0 Å². The Hall–Kier alpha value is -2.10. The Labute approximate surface area is 263 Å². The molecule has 0 bridgehead atoms. The van der Waals surface area contributed by atoms with E-state index in [1.54, 1.807) is 23.8 Å². The largest absolute Gasteiger partial charge is 0.506 e. The third kappa shape index (κ3) is 6.30. The monoisotopic (exact) mass is 652 g/mol. The van der Waals surface area contributed by atoms with Crippen LogP contribution in [0.5, 0.6) is 11.5 Å². The number of hydrogen-bond donors (Lipinski definition) is 5. The Morgan fingerprint density at radius 2 is 1.93 bits per heavy atom. The van der Waals surface area contributed by atoms with Crippen LogP contribution in [0, 0.1) is 24.7 Å². The Morgan fingerprint density at radius 1 is 1.16 bits per heavy atom. The standard InChI is InChI=1S/C31H40O11S2/c1-15-4-6-31(40-14-44-43-13-20-12-39-7-5-21(15)20)23(11-32)42-30(27(35)28(31)36)41-22-10-19(29(37)38)9-18-8-16(2)24(17(3)33)26(34)25(18)22/h8-10,15,20-21,23,27-28,30,32,34-36H,4-7,11-14H2,1-3H3,(H,37,38)/t15-,20+,21+,23-,27-,28-,30+,31+/m1/s1. The quantitative estimate of drug-likeness (QED) is 0.234. The van der Waals surface area contributed by atoms with Crippen LogP contribution in [0.25, 0.3) is 10.8 Å². The number of ether oxygens (including phenoxy) is 4. The smallest absolute Gasteiger partial charge is 0.335 e. The summed E-state index contributed by atoms with van der Waals surface area (Å²) >= 11 is 0. The Bertz CT molecular complexity index is 1380. The minimum atomic E-state index is -1.67. The molecule has 2 aromatic carbocycles. The van der Waals surface area contributed by atoms with Gasteiger partial charge in [0.25, 0.3) is 0 Å². The molecule has 0 unspecified atom stereocenters. The number of aliphatic hydroxyl groups excluding tert-OH is 3. The van der Waals surface area contributed by atoms with E-state index in [0.29, 0.717) is 48.8 Å². The van der Waals surface area contributed by atoms with Gasteiger partial charge in [0.15, 0.2) is 5.78 Å². The van der Waals surface area contributed by atoms with Crippen molar-refractivity contribution in [2.45, 2.75) is 70.2 Å². The molecular formula is C31H40O11S2. The highest BCUT2D eigenvalue weighted by Gasteiger charge is 2.57. The van der Waals surface area contributed by atoms with E-state index in [4.69, 9.17) is 18.9 Å². The number of rotatable bonds is 5. The Morgan fingerprint density at radius 3 is 2.64 bits per heavy atom. The molecule has 242 valence electrons. The van der Waals surface area contributed by atoms with Crippen molar-refractivity contribution in [3.63, 3.8) is 0 Å². The maximum Gasteiger partial charge on any atom is 0.335 e. The molecule has 3 heterocycles. The minimum absolute atomic E-state index is 0.0461. The van der Waals surface area contributed by atoms with E-state index < -0.39 is 54.3 Å². The van der Waals surface area contributed by atoms with Gasteiger partial charge in [0.05, 0.1) is 29.7 Å². The fourth-order valence-electron chi connectivity index (χ4n) is 6.95. The molecule has 5 rings (SSSR count). The molecule has 13 heteroatoms. The summed E-state index contributed by atoms with van der Waals surface area (Å²) in [7, 11) is 3.15. The number of carboxylic acids is 1. The zero-order valence-electron chi connectivity index (χ0n) is 24.9. The first-order valence-electron chi connectivity index (χ1n) is 14.8. The van der Waals surface area contributed by atoms with E-state index in [1.165, 1.54) is 23.8 Å². The molecule has 0 aliphatic carbocycles. The number of ketones is 1. The van der Waals surface area contributed by atoms with Gasteiger partial charge >= 0.3 is 5.97 Å². The maximum absolute atomic E-state index is 12.3. The first-order valence-corrected chi connectivity index (χ1v) is 17.3. The van der Waals surface area contributed by atoms with Crippen molar-refractivity contribution < 1.29 is 54.1 Å². The normalized spacial score (nSPS) is 33.4. The van der Waals surface area contributed by atoms with Crippen LogP contribution in [0.1, 0.15) is 59.4 Å². The second-order valence-corrected chi connectivity index (χ2v) is 14.5. The lowest BCUT2D eigenvalue weighted by Crippen LogP contribution is -2.69. The van der Waals surface area contributed by atoms with Crippen molar-refractivity contribution in [1.29, 1.82) is 0 Å². The van der Waals surface area contributed by atoms with Crippen molar-refractivity contribution in [2.75, 3.05) is 31.5 Å². The van der Waals surface area contributed by atoms with Gasteiger partial charge in [0, 0.05) is 12.4 Å². The van der Waals surface area contributed by atoms with Gasteiger partial charge in [0.2, 0.25) is 6.29 Å². The van der Waals surface area contributed by atoms with Crippen LogP contribution >= 0.6 is 21.6 Å². The second-order valence-electron chi connectivity index (χ2n) is 12.0. The van der Waals surface area contributed by atoms with Gasteiger partial charge in [-0.15, -0.1) is 0 Å². The van der Waals surface area contributed by atoms with Gasteiger partial charge in [-0.3, -0.25) is 4.79 Å². The Balaban J connectivity index is 1.48. The van der Waals surface area contributed by atoms with Crippen LogP contribution in [0.3, 0.4) is 0 Å². The summed E-state index contributed by atoms with van der Waals surface area (Å²) in [4.78, 5) is 24.3. The number of carboxylic acid groups (broad SMARTS) is 1. The lowest BCUT2D eigenvalue weighted by molar-refractivity contribution is -0.322. The molecule has 0 amide bonds. The number of benzene rings is 2. The summed E-state index contributed by atoms with van der Waals surface area (Å²) in [6.07, 6.45) is -3.99. The van der Waals surface area contributed by atoms with Crippen molar-refractivity contribution in [3.8, 4) is 11.5 Å². The number of carbonyl (C=O) groups is 2. The van der Waals surface area contributed by atoms with Crippen LogP contribution < -0.4 is 4.74 Å². The van der Waals surface area contributed by atoms with Gasteiger partial charge in [0.1, 0.15) is 41.4 Å². The topological polar surface area (TPSA) is 172 Å². The van der Waals surface area contributed by atoms with E-state index in [9.17, 15) is 35.1 Å². The van der Waals surface area contributed by atoms with Gasteiger partial charge in [-0.1, -0.05) is 34.6 Å². The predicted octanol–water partition coefficient (Wildman–Crippen LogP) is 3.75. The van der Waals surface area contributed by atoms with Crippen molar-refractivity contribution >= 4 is 44.1 Å². The first kappa shape index (κ1) is 33.3. The third-order valence-electron chi connectivity index (χ3n) is 9.32. The van der Waals surface area contributed by atoms with Crippen LogP contribution in [0.4, 0.5) is 0 Å². The number of aromatic hydroxyl groups is 1. The first-order chi connectivity index (χ1) is 21.0. The van der Waals surface area contributed by atoms with Gasteiger partial charge in [-0.2, -0.15) is 0 Å². The highest BCUT2D eigenvalue weighted by atomic mass is 33.1. The number of hydrogen-bond acceptors (Lipinski definition) is 12. The number of aryl methyl sites for hydroxylation is 1. The van der Waals surface area contributed by atoms with E-state index in [0.717, 1.165) is 18.2 Å². The molecule has 2 aromatic rings. The second kappa shape index (κ2) is 13.7. The lowest BCUT2D eigenvalue weighted by atomic mass is 9.74.